The smallest absolute Gasteiger partial charge is 0.307 e. The Balaban J connectivity index is 1.95. The molecule has 30 heavy (non-hydrogen) atoms. The van der Waals surface area contributed by atoms with Crippen LogP contribution in [0.4, 0.5) is 42.5 Å². The van der Waals surface area contributed by atoms with Gasteiger partial charge in [-0.15, -0.1) is 0 Å². The summed E-state index contributed by atoms with van der Waals surface area (Å²) in [6, 6.07) is 3.40. The lowest BCUT2D eigenvalue weighted by atomic mass is 10.1. The summed E-state index contributed by atoms with van der Waals surface area (Å²) in [5.41, 5.74) is -3.25. The van der Waals surface area contributed by atoms with Crippen LogP contribution in [0.15, 0.2) is 48.8 Å². The molecule has 0 aliphatic rings. The molecular formula is C18H10F6N4O2. The van der Waals surface area contributed by atoms with Crippen molar-refractivity contribution in [3.63, 3.8) is 0 Å². The Bertz CT molecular complexity index is 1080. The maximum absolute atomic E-state index is 13.0. The third-order valence-corrected chi connectivity index (χ3v) is 3.89. The number of fused-ring (bicyclic) bond motifs is 1. The number of carbonyl (C=O) groups is 2. The van der Waals surface area contributed by atoms with Crippen LogP contribution in [-0.2, 0) is 17.1 Å². The largest absolute Gasteiger partial charge is 0.416 e. The summed E-state index contributed by atoms with van der Waals surface area (Å²) < 4.78 is 77.7. The zero-order valence-electron chi connectivity index (χ0n) is 14.6. The molecular weight excluding hydrogens is 418 g/mol. The van der Waals surface area contributed by atoms with E-state index in [1.807, 2.05) is 5.32 Å². The van der Waals surface area contributed by atoms with Crippen molar-refractivity contribution in [2.24, 2.45) is 0 Å². The lowest BCUT2D eigenvalue weighted by Crippen LogP contribution is -2.34. The van der Waals surface area contributed by atoms with E-state index in [0.717, 1.165) is 0 Å². The van der Waals surface area contributed by atoms with Gasteiger partial charge < -0.3 is 5.32 Å². The van der Waals surface area contributed by atoms with Gasteiger partial charge in [-0.2, -0.15) is 26.3 Å². The van der Waals surface area contributed by atoms with E-state index in [1.165, 1.54) is 30.6 Å². The van der Waals surface area contributed by atoms with Crippen LogP contribution in [-0.4, -0.2) is 22.4 Å². The van der Waals surface area contributed by atoms with Gasteiger partial charge >= 0.3 is 18.4 Å². The first-order chi connectivity index (χ1) is 14.0. The summed E-state index contributed by atoms with van der Waals surface area (Å²) in [6.07, 6.45) is -7.33. The second kappa shape index (κ2) is 7.61. The first kappa shape index (κ1) is 21.0. The number of alkyl halides is 6. The lowest BCUT2D eigenvalue weighted by Gasteiger charge is -2.19. The van der Waals surface area contributed by atoms with E-state index >= 15 is 0 Å². The average Bonchev–Trinajstić information content (AvgIpc) is 2.67. The Morgan fingerprint density at radius 3 is 1.97 bits per heavy atom. The number of urea groups is 1. The Kier molecular flexibility index (Phi) is 5.33. The fourth-order valence-electron chi connectivity index (χ4n) is 2.54. The number of anilines is 2. The van der Waals surface area contributed by atoms with Crippen LogP contribution in [0.1, 0.15) is 11.1 Å². The van der Waals surface area contributed by atoms with Crippen molar-refractivity contribution in [1.29, 1.82) is 0 Å². The second-order valence-corrected chi connectivity index (χ2v) is 5.93. The average molecular weight is 428 g/mol. The standard InChI is InChI=1S/C18H10F6N4O2/c19-17(20,21)10-5-11(18(22,23)24)7-12(6-10)27-16(30)28(9-29)13-1-2-14-15(8-13)26-4-3-25-14/h1-9H,(H,27,30). The van der Waals surface area contributed by atoms with Gasteiger partial charge in [-0.1, -0.05) is 0 Å². The summed E-state index contributed by atoms with van der Waals surface area (Å²) in [4.78, 5) is 32.3. The molecule has 0 bridgehead atoms. The number of imide groups is 1. The Morgan fingerprint density at radius 1 is 0.867 bits per heavy atom. The van der Waals surface area contributed by atoms with Crippen molar-refractivity contribution in [2.45, 2.75) is 12.4 Å². The van der Waals surface area contributed by atoms with Crippen molar-refractivity contribution in [2.75, 3.05) is 10.2 Å². The van der Waals surface area contributed by atoms with Crippen LogP contribution in [0.25, 0.3) is 11.0 Å². The normalized spacial score (nSPS) is 11.9. The number of aromatic nitrogens is 2. The summed E-state index contributed by atoms with van der Waals surface area (Å²) in [6.45, 7) is 0. The van der Waals surface area contributed by atoms with Crippen LogP contribution in [0, 0.1) is 0 Å². The molecule has 0 fully saturated rings. The quantitative estimate of drug-likeness (QED) is 0.478. The number of hydrogen-bond acceptors (Lipinski definition) is 4. The minimum Gasteiger partial charge on any atom is -0.307 e. The minimum absolute atomic E-state index is 0.0153. The second-order valence-electron chi connectivity index (χ2n) is 5.93. The van der Waals surface area contributed by atoms with Gasteiger partial charge in [-0.3, -0.25) is 14.8 Å². The summed E-state index contributed by atoms with van der Waals surface area (Å²) in [5.74, 6) is 0. The number of nitrogens with zero attached hydrogens (tertiary/aromatic N) is 3. The predicted octanol–water partition coefficient (Wildman–Crippen LogP) is 4.86. The number of halogens is 6. The molecule has 1 N–H and O–H groups in total. The lowest BCUT2D eigenvalue weighted by molar-refractivity contribution is -0.143. The van der Waals surface area contributed by atoms with Crippen LogP contribution < -0.4 is 10.2 Å². The number of carbonyl (C=O) groups excluding carboxylic acids is 2. The van der Waals surface area contributed by atoms with Gasteiger partial charge in [0.15, 0.2) is 0 Å². The zero-order valence-corrected chi connectivity index (χ0v) is 14.6. The SMILES string of the molecule is O=CN(C(=O)Nc1cc(C(F)(F)F)cc(C(F)(F)F)c1)c1ccc2nccnc2c1. The van der Waals surface area contributed by atoms with E-state index in [0.29, 0.717) is 28.1 Å². The number of benzene rings is 2. The molecule has 0 spiro atoms. The highest BCUT2D eigenvalue weighted by atomic mass is 19.4. The minimum atomic E-state index is -5.08. The van der Waals surface area contributed by atoms with Gasteiger partial charge in [0.2, 0.25) is 6.41 Å². The van der Waals surface area contributed by atoms with Gasteiger partial charge in [0.05, 0.1) is 27.8 Å². The van der Waals surface area contributed by atoms with Gasteiger partial charge in [0, 0.05) is 18.1 Å². The molecule has 0 saturated heterocycles. The fourth-order valence-corrected chi connectivity index (χ4v) is 2.54. The third-order valence-electron chi connectivity index (χ3n) is 3.89. The maximum Gasteiger partial charge on any atom is 0.416 e. The van der Waals surface area contributed by atoms with Crippen LogP contribution in [0.2, 0.25) is 0 Å². The van der Waals surface area contributed by atoms with Gasteiger partial charge in [-0.25, -0.2) is 9.69 Å². The van der Waals surface area contributed by atoms with Crippen LogP contribution in [0.5, 0.6) is 0 Å². The number of nitrogens with one attached hydrogen (secondary N) is 1. The summed E-state index contributed by atoms with van der Waals surface area (Å²) >= 11 is 0. The molecule has 0 atom stereocenters. The third kappa shape index (κ3) is 4.47. The van der Waals surface area contributed by atoms with Crippen LogP contribution >= 0.6 is 0 Å². The van der Waals surface area contributed by atoms with Crippen molar-refractivity contribution in [3.8, 4) is 0 Å². The van der Waals surface area contributed by atoms with Crippen LogP contribution in [0.3, 0.4) is 0 Å². The Morgan fingerprint density at radius 2 is 1.43 bits per heavy atom. The molecule has 0 aliphatic carbocycles. The molecule has 156 valence electrons. The van der Waals surface area contributed by atoms with E-state index in [-0.39, 0.29) is 18.2 Å². The van der Waals surface area contributed by atoms with E-state index in [9.17, 15) is 35.9 Å². The fraction of sp³-hybridized carbons (Fsp3) is 0.111. The topological polar surface area (TPSA) is 75.2 Å². The van der Waals surface area contributed by atoms with Gasteiger partial charge in [0.25, 0.3) is 0 Å². The van der Waals surface area contributed by atoms with Gasteiger partial charge in [-0.05, 0) is 36.4 Å². The van der Waals surface area contributed by atoms with Crippen molar-refractivity contribution >= 4 is 34.8 Å². The first-order valence-electron chi connectivity index (χ1n) is 8.05. The highest BCUT2D eigenvalue weighted by Gasteiger charge is 2.37. The highest BCUT2D eigenvalue weighted by Crippen LogP contribution is 2.37. The number of hydrogen-bond donors (Lipinski definition) is 1. The van der Waals surface area contributed by atoms with Crippen molar-refractivity contribution in [1.82, 2.24) is 9.97 Å². The number of amides is 3. The van der Waals surface area contributed by atoms with Crippen molar-refractivity contribution in [3.05, 3.63) is 59.9 Å². The van der Waals surface area contributed by atoms with E-state index in [1.54, 1.807) is 0 Å². The van der Waals surface area contributed by atoms with E-state index in [2.05, 4.69) is 9.97 Å². The molecule has 0 saturated carbocycles. The van der Waals surface area contributed by atoms with E-state index in [4.69, 9.17) is 0 Å². The molecule has 0 radical (unpaired) electrons. The molecule has 1 aromatic heterocycles. The summed E-state index contributed by atoms with van der Waals surface area (Å²) in [5, 5.41) is 1.88. The molecule has 0 aliphatic heterocycles. The molecule has 12 heteroatoms. The van der Waals surface area contributed by atoms with Gasteiger partial charge in [0.1, 0.15) is 0 Å². The predicted molar refractivity (Wildman–Crippen MR) is 93.5 cm³/mol. The Hall–Kier alpha value is -3.70. The van der Waals surface area contributed by atoms with E-state index < -0.39 is 35.2 Å². The zero-order chi connectivity index (χ0) is 22.1. The Labute approximate surface area is 164 Å². The molecule has 3 aromatic rings. The summed E-state index contributed by atoms with van der Waals surface area (Å²) in [7, 11) is 0. The molecule has 0 unspecified atom stereocenters. The molecule has 2 aromatic carbocycles. The molecule has 3 rings (SSSR count). The van der Waals surface area contributed by atoms with Crippen molar-refractivity contribution < 1.29 is 35.9 Å². The molecule has 6 nitrogen and oxygen atoms in total. The molecule has 1 heterocycles. The first-order valence-corrected chi connectivity index (χ1v) is 8.05. The number of rotatable bonds is 3. The maximum atomic E-state index is 13.0. The monoisotopic (exact) mass is 428 g/mol. The highest BCUT2D eigenvalue weighted by molar-refractivity contribution is 6.12. The molecule has 3 amide bonds.